The van der Waals surface area contributed by atoms with Gasteiger partial charge in [-0.05, 0) is 128 Å². The van der Waals surface area contributed by atoms with Crippen LogP contribution < -0.4 is 0 Å². The van der Waals surface area contributed by atoms with Crippen molar-refractivity contribution in [2.24, 2.45) is 0 Å². The molecule has 6 unspecified atom stereocenters. The third-order valence-electron chi connectivity index (χ3n) is 13.4. The number of unbranched alkanes of at least 4 members (excludes halogenated alkanes) is 14. The van der Waals surface area contributed by atoms with Crippen LogP contribution in [0.3, 0.4) is 0 Å². The SMILES string of the molecule is CC/C=C\C/C=C\C/C=C\C/C=C\C/C=C\C/C=C\CCC(=O)OCC(COC1OC(C(=O)O)C(O)C(O)C1OC(=O)CCCCCCCCC/C=C\C/C=C\CCCCC)OC(=O)CCCCCC/C=C\C/C=C\C/C=C\C/C=C\CC. The van der Waals surface area contributed by atoms with Crippen molar-refractivity contribution in [3.8, 4) is 0 Å². The lowest BCUT2D eigenvalue weighted by molar-refractivity contribution is -0.301. The fraction of sp³-hybridized carbons (Fsp3) is 0.606. The summed E-state index contributed by atoms with van der Waals surface area (Å²) in [6, 6.07) is 0. The number of hydrogen-bond donors (Lipinski definition) is 3. The van der Waals surface area contributed by atoms with E-state index < -0.39 is 67.3 Å². The number of aliphatic carboxylic acids is 1. The second-order valence-electron chi connectivity index (χ2n) is 20.9. The van der Waals surface area contributed by atoms with Gasteiger partial charge in [0.25, 0.3) is 0 Å². The first-order chi connectivity index (χ1) is 40.6. The predicted molar refractivity (Wildman–Crippen MR) is 339 cm³/mol. The maximum absolute atomic E-state index is 13.2. The van der Waals surface area contributed by atoms with Crippen LogP contribution in [-0.2, 0) is 42.9 Å². The summed E-state index contributed by atoms with van der Waals surface area (Å²) in [7, 11) is 0. The van der Waals surface area contributed by atoms with Crippen LogP contribution in [0.25, 0.3) is 0 Å². The summed E-state index contributed by atoms with van der Waals surface area (Å²) < 4.78 is 28.4. The standard InChI is InChI=1S/C71H110O12/c1-4-7-10-13-16-19-22-25-28-31-32-35-36-39-42-45-48-51-54-57-63(72)79-60-62(81-64(73)58-55-52-49-46-43-40-37-33-29-26-23-20-17-14-11-8-5-2)61-80-71-69(67(76)66(75)68(83-71)70(77)78)82-65(74)59-56-53-50-47-44-41-38-34-30-27-24-21-18-15-12-9-6-3/h7-8,10-11,16-21,25-30,32,35,37,39-40,42,48,51,62,66-69,71,75-76H,4-6,9,12-15,22-24,31,33-34,36,38,41,43-47,49-50,52-61H2,1-3H3,(H,77,78)/b10-7-,11-8-,19-16-,20-17-,21-18-,28-25-,29-26-,30-27-,35-32-,40-37-,42-39-,51-48-. The van der Waals surface area contributed by atoms with Gasteiger partial charge in [0, 0.05) is 19.3 Å². The average Bonchev–Trinajstić information content (AvgIpc) is 3.59. The fourth-order valence-electron chi connectivity index (χ4n) is 8.59. The summed E-state index contributed by atoms with van der Waals surface area (Å²) in [5, 5.41) is 31.6. The van der Waals surface area contributed by atoms with Gasteiger partial charge in [0.15, 0.2) is 24.6 Å². The van der Waals surface area contributed by atoms with Crippen LogP contribution in [0.2, 0.25) is 0 Å². The van der Waals surface area contributed by atoms with Crippen LogP contribution in [0.5, 0.6) is 0 Å². The van der Waals surface area contributed by atoms with Crippen molar-refractivity contribution in [3.63, 3.8) is 0 Å². The molecule has 1 fully saturated rings. The van der Waals surface area contributed by atoms with E-state index in [2.05, 4.69) is 154 Å². The molecule has 0 aromatic rings. The van der Waals surface area contributed by atoms with E-state index in [1.54, 1.807) is 0 Å². The number of esters is 3. The van der Waals surface area contributed by atoms with Crippen LogP contribution >= 0.6 is 0 Å². The van der Waals surface area contributed by atoms with Crippen LogP contribution in [0.4, 0.5) is 0 Å². The molecule has 0 amide bonds. The van der Waals surface area contributed by atoms with Crippen LogP contribution in [0.15, 0.2) is 146 Å². The highest BCUT2D eigenvalue weighted by Crippen LogP contribution is 2.26. The number of aliphatic hydroxyl groups excluding tert-OH is 2. The summed E-state index contributed by atoms with van der Waals surface area (Å²) in [5.41, 5.74) is 0. The van der Waals surface area contributed by atoms with Gasteiger partial charge in [-0.25, -0.2) is 4.79 Å². The van der Waals surface area contributed by atoms with E-state index in [0.29, 0.717) is 25.7 Å². The minimum atomic E-state index is -1.93. The Hall–Kier alpha value is -5.40. The Morgan fingerprint density at radius 1 is 0.410 bits per heavy atom. The van der Waals surface area contributed by atoms with Crippen molar-refractivity contribution < 1.29 is 58.2 Å². The van der Waals surface area contributed by atoms with Gasteiger partial charge in [-0.1, -0.05) is 224 Å². The average molecular weight is 1160 g/mol. The van der Waals surface area contributed by atoms with E-state index in [1.165, 1.54) is 19.3 Å². The monoisotopic (exact) mass is 1150 g/mol. The predicted octanol–water partition coefficient (Wildman–Crippen LogP) is 17.1. The normalized spacial score (nSPS) is 18.6. The molecule has 1 rings (SSSR count). The lowest BCUT2D eigenvalue weighted by atomic mass is 9.98. The second-order valence-corrected chi connectivity index (χ2v) is 20.9. The molecule has 1 heterocycles. The quantitative estimate of drug-likeness (QED) is 0.0228. The summed E-state index contributed by atoms with van der Waals surface area (Å²) in [6.07, 6.45) is 69.5. The first kappa shape index (κ1) is 75.6. The second kappa shape index (κ2) is 57.1. The third kappa shape index (κ3) is 46.6. The molecule has 6 atom stereocenters. The number of carbonyl (C=O) groups is 4. The zero-order valence-electron chi connectivity index (χ0n) is 51.4. The Balaban J connectivity index is 2.75. The molecular formula is C71H110O12. The number of carbonyl (C=O) groups excluding carboxylic acids is 3. The minimum absolute atomic E-state index is 0.0332. The molecule has 1 saturated heterocycles. The zero-order chi connectivity index (χ0) is 60.3. The molecule has 3 N–H and O–H groups in total. The lowest BCUT2D eigenvalue weighted by Gasteiger charge is -2.40. The summed E-state index contributed by atoms with van der Waals surface area (Å²) in [6.45, 7) is 5.65. The maximum Gasteiger partial charge on any atom is 0.335 e. The van der Waals surface area contributed by atoms with Crippen molar-refractivity contribution in [1.82, 2.24) is 0 Å². The van der Waals surface area contributed by atoms with Crippen molar-refractivity contribution in [3.05, 3.63) is 146 Å². The number of allylic oxidation sites excluding steroid dienone is 24. The van der Waals surface area contributed by atoms with Crippen LogP contribution in [0, 0.1) is 0 Å². The van der Waals surface area contributed by atoms with Crippen molar-refractivity contribution in [2.45, 2.75) is 263 Å². The number of rotatable bonds is 52. The molecule has 1 aliphatic rings. The van der Waals surface area contributed by atoms with Gasteiger partial charge in [-0.15, -0.1) is 0 Å². The molecule has 466 valence electrons. The first-order valence-corrected chi connectivity index (χ1v) is 31.8. The smallest absolute Gasteiger partial charge is 0.335 e. The van der Waals surface area contributed by atoms with Gasteiger partial charge >= 0.3 is 23.9 Å². The molecule has 0 radical (unpaired) electrons. The molecule has 12 heteroatoms. The van der Waals surface area contributed by atoms with Gasteiger partial charge < -0.3 is 39.0 Å². The summed E-state index contributed by atoms with van der Waals surface area (Å²) in [5.74, 6) is -3.29. The Labute approximate surface area is 502 Å². The summed E-state index contributed by atoms with van der Waals surface area (Å²) in [4.78, 5) is 51.3. The Morgan fingerprint density at radius 2 is 0.783 bits per heavy atom. The molecule has 12 nitrogen and oxygen atoms in total. The third-order valence-corrected chi connectivity index (χ3v) is 13.4. The van der Waals surface area contributed by atoms with E-state index in [0.717, 1.165) is 141 Å². The number of hydrogen-bond acceptors (Lipinski definition) is 11. The Bertz CT molecular complexity index is 2000. The van der Waals surface area contributed by atoms with Gasteiger partial charge in [-0.3, -0.25) is 14.4 Å². The molecule has 83 heavy (non-hydrogen) atoms. The molecule has 0 aliphatic carbocycles. The first-order valence-electron chi connectivity index (χ1n) is 31.8. The van der Waals surface area contributed by atoms with E-state index >= 15 is 0 Å². The van der Waals surface area contributed by atoms with Gasteiger partial charge in [0.1, 0.15) is 18.8 Å². The molecular weight excluding hydrogens is 1040 g/mol. The van der Waals surface area contributed by atoms with Crippen molar-refractivity contribution in [2.75, 3.05) is 13.2 Å². The van der Waals surface area contributed by atoms with Crippen LogP contribution in [0.1, 0.15) is 226 Å². The number of carboxylic acid groups (broad SMARTS) is 1. The van der Waals surface area contributed by atoms with E-state index in [1.807, 2.05) is 12.2 Å². The van der Waals surface area contributed by atoms with Gasteiger partial charge in [0.2, 0.25) is 0 Å². The van der Waals surface area contributed by atoms with E-state index in [4.69, 9.17) is 23.7 Å². The molecule has 0 bridgehead atoms. The molecule has 0 aromatic carbocycles. The highest BCUT2D eigenvalue weighted by Gasteiger charge is 2.50. The molecule has 0 aromatic heterocycles. The zero-order valence-corrected chi connectivity index (χ0v) is 51.4. The van der Waals surface area contributed by atoms with Crippen molar-refractivity contribution in [1.29, 1.82) is 0 Å². The highest BCUT2D eigenvalue weighted by molar-refractivity contribution is 5.74. The highest BCUT2D eigenvalue weighted by atomic mass is 16.7. The topological polar surface area (TPSA) is 175 Å². The lowest BCUT2D eigenvalue weighted by Crippen LogP contribution is -2.61. The summed E-state index contributed by atoms with van der Waals surface area (Å²) >= 11 is 0. The number of carboxylic acids is 1. The molecule has 0 saturated carbocycles. The number of aliphatic hydroxyl groups is 2. The minimum Gasteiger partial charge on any atom is -0.479 e. The Morgan fingerprint density at radius 3 is 1.20 bits per heavy atom. The molecule has 0 spiro atoms. The van der Waals surface area contributed by atoms with Crippen molar-refractivity contribution >= 4 is 23.9 Å². The maximum atomic E-state index is 13.2. The Kier molecular flexibility index (Phi) is 52.0. The molecule has 1 aliphatic heterocycles. The van der Waals surface area contributed by atoms with Gasteiger partial charge in [0.05, 0.1) is 6.61 Å². The van der Waals surface area contributed by atoms with E-state index in [-0.39, 0.29) is 25.9 Å². The van der Waals surface area contributed by atoms with E-state index in [9.17, 15) is 34.5 Å². The largest absolute Gasteiger partial charge is 0.479 e. The van der Waals surface area contributed by atoms with Crippen LogP contribution in [-0.4, -0.2) is 89.2 Å². The van der Waals surface area contributed by atoms with Gasteiger partial charge in [-0.2, -0.15) is 0 Å². The number of ether oxygens (including phenoxy) is 5. The fourth-order valence-corrected chi connectivity index (χ4v) is 8.59.